The Bertz CT molecular complexity index is 1220. The zero-order chi connectivity index (χ0) is 26.2. The number of nitrogens with two attached hydrogens (primary N) is 1. The molecule has 3 aromatic rings. The average molecular weight is 565 g/mol. The van der Waals surface area contributed by atoms with Crippen LogP contribution in [0.3, 0.4) is 0 Å². The number of halogens is 1. The van der Waals surface area contributed by atoms with Crippen LogP contribution in [-0.4, -0.2) is 37.2 Å². The zero-order valence-corrected chi connectivity index (χ0v) is 21.8. The number of primary amides is 1. The summed E-state index contributed by atoms with van der Waals surface area (Å²) in [6, 6.07) is 22.1. The Labute approximate surface area is 224 Å². The average Bonchev–Trinajstić information content (AvgIpc) is 3.23. The highest BCUT2D eigenvalue weighted by atomic mass is 79.9. The van der Waals surface area contributed by atoms with Crippen molar-refractivity contribution in [3.8, 4) is 11.1 Å². The molecule has 0 bridgehead atoms. The van der Waals surface area contributed by atoms with Gasteiger partial charge in [0.15, 0.2) is 0 Å². The van der Waals surface area contributed by atoms with E-state index in [4.69, 9.17) is 10.5 Å². The standard InChI is InChI=1S/C28H29BrN4O4/c29-16-18-11-13-19(14-12-18)32-26(34)25(10-5-15-31-27(30)35)33-28(36)37-17-24-22-8-3-1-6-20(22)21-7-2-4-9-23(21)24/h1-4,6-9,11-14,24-25H,5,10,15-17H2,(H,32,34)(H,33,36)(H3,30,31,35)/t25-/m0/s1. The number of ether oxygens (including phenoxy) is 1. The summed E-state index contributed by atoms with van der Waals surface area (Å²) in [5.74, 6) is -0.461. The Kier molecular flexibility index (Phi) is 8.79. The number of alkyl carbamates (subject to hydrolysis) is 1. The number of benzene rings is 3. The molecular formula is C28H29BrN4O4. The number of anilines is 1. The molecule has 1 aliphatic carbocycles. The number of fused-ring (bicyclic) bond motifs is 3. The van der Waals surface area contributed by atoms with Crippen molar-refractivity contribution in [1.29, 1.82) is 0 Å². The van der Waals surface area contributed by atoms with Gasteiger partial charge in [-0.3, -0.25) is 4.79 Å². The Balaban J connectivity index is 1.40. The summed E-state index contributed by atoms with van der Waals surface area (Å²) in [6.07, 6.45) is 0.0442. The maximum Gasteiger partial charge on any atom is 0.407 e. The third kappa shape index (κ3) is 6.68. The second kappa shape index (κ2) is 12.4. The molecule has 0 spiro atoms. The van der Waals surface area contributed by atoms with E-state index >= 15 is 0 Å². The van der Waals surface area contributed by atoms with E-state index in [-0.39, 0.29) is 31.4 Å². The van der Waals surface area contributed by atoms with Gasteiger partial charge < -0.3 is 26.4 Å². The van der Waals surface area contributed by atoms with Gasteiger partial charge in [-0.05, 0) is 52.8 Å². The van der Waals surface area contributed by atoms with E-state index in [1.54, 1.807) is 12.1 Å². The van der Waals surface area contributed by atoms with E-state index in [2.05, 4.69) is 44.0 Å². The summed E-state index contributed by atoms with van der Waals surface area (Å²) < 4.78 is 5.62. The maximum atomic E-state index is 13.0. The summed E-state index contributed by atoms with van der Waals surface area (Å²) in [6.45, 7) is 0.427. The van der Waals surface area contributed by atoms with Crippen molar-refractivity contribution in [1.82, 2.24) is 10.6 Å². The summed E-state index contributed by atoms with van der Waals surface area (Å²) >= 11 is 3.40. The molecule has 8 nitrogen and oxygen atoms in total. The Morgan fingerprint density at radius 1 is 0.919 bits per heavy atom. The van der Waals surface area contributed by atoms with Crippen molar-refractivity contribution in [3.63, 3.8) is 0 Å². The molecule has 0 saturated carbocycles. The van der Waals surface area contributed by atoms with Crippen molar-refractivity contribution in [2.24, 2.45) is 5.73 Å². The van der Waals surface area contributed by atoms with E-state index in [9.17, 15) is 14.4 Å². The van der Waals surface area contributed by atoms with E-state index in [0.717, 1.165) is 27.8 Å². The number of hydrogen-bond acceptors (Lipinski definition) is 4. The second-order valence-corrected chi connectivity index (χ2v) is 9.34. The molecule has 0 saturated heterocycles. The molecule has 9 heteroatoms. The van der Waals surface area contributed by atoms with Gasteiger partial charge in [0.05, 0.1) is 0 Å². The lowest BCUT2D eigenvalue weighted by Gasteiger charge is -2.20. The SMILES string of the molecule is NC(=O)NCCC[C@H](NC(=O)OCC1c2ccccc2-c2ccccc21)C(=O)Nc1ccc(CBr)cc1. The quantitative estimate of drug-likeness (QED) is 0.207. The molecule has 4 rings (SSSR count). The maximum absolute atomic E-state index is 13.0. The van der Waals surface area contributed by atoms with Crippen LogP contribution in [0.25, 0.3) is 11.1 Å². The fraction of sp³-hybridized carbons (Fsp3) is 0.250. The monoisotopic (exact) mass is 564 g/mol. The summed E-state index contributed by atoms with van der Waals surface area (Å²) in [7, 11) is 0. The molecule has 1 atom stereocenters. The number of rotatable bonds is 10. The number of carbonyl (C=O) groups excluding carboxylic acids is 3. The van der Waals surface area contributed by atoms with Crippen LogP contribution in [0, 0.1) is 0 Å². The first kappa shape index (κ1) is 26.2. The number of urea groups is 1. The van der Waals surface area contributed by atoms with Crippen LogP contribution >= 0.6 is 15.9 Å². The Morgan fingerprint density at radius 3 is 2.14 bits per heavy atom. The highest BCUT2D eigenvalue weighted by Crippen LogP contribution is 2.44. The minimum atomic E-state index is -0.860. The summed E-state index contributed by atoms with van der Waals surface area (Å²) in [4.78, 5) is 36.8. The lowest BCUT2D eigenvalue weighted by Crippen LogP contribution is -2.44. The van der Waals surface area contributed by atoms with Crippen LogP contribution < -0.4 is 21.7 Å². The predicted octanol–water partition coefficient (Wildman–Crippen LogP) is 4.88. The number of nitrogens with one attached hydrogen (secondary N) is 3. The minimum Gasteiger partial charge on any atom is -0.449 e. The summed E-state index contributed by atoms with van der Waals surface area (Å²) in [5, 5.41) is 8.73. The van der Waals surface area contributed by atoms with E-state index < -0.39 is 18.2 Å². The minimum absolute atomic E-state index is 0.0851. The van der Waals surface area contributed by atoms with Gasteiger partial charge in [-0.25, -0.2) is 9.59 Å². The molecule has 1 aliphatic rings. The highest BCUT2D eigenvalue weighted by Gasteiger charge is 2.29. The van der Waals surface area contributed by atoms with Gasteiger partial charge in [-0.15, -0.1) is 0 Å². The van der Waals surface area contributed by atoms with Crippen LogP contribution in [0.1, 0.15) is 35.4 Å². The van der Waals surface area contributed by atoms with Crippen LogP contribution in [0.15, 0.2) is 72.8 Å². The van der Waals surface area contributed by atoms with Gasteiger partial charge in [-0.2, -0.15) is 0 Å². The molecule has 0 fully saturated rings. The summed E-state index contributed by atoms with van der Waals surface area (Å²) in [5.41, 5.74) is 11.3. The van der Waals surface area contributed by atoms with Crippen molar-refractivity contribution in [3.05, 3.63) is 89.5 Å². The Hall–Kier alpha value is -3.85. The van der Waals surface area contributed by atoms with Gasteiger partial charge in [-0.1, -0.05) is 76.6 Å². The molecule has 3 aromatic carbocycles. The van der Waals surface area contributed by atoms with Crippen molar-refractivity contribution in [2.75, 3.05) is 18.5 Å². The van der Waals surface area contributed by atoms with Crippen LogP contribution in [0.5, 0.6) is 0 Å². The van der Waals surface area contributed by atoms with Crippen molar-refractivity contribution < 1.29 is 19.1 Å². The van der Waals surface area contributed by atoms with Gasteiger partial charge in [0, 0.05) is 23.5 Å². The number of amides is 4. The van der Waals surface area contributed by atoms with Gasteiger partial charge in [0.1, 0.15) is 12.6 Å². The zero-order valence-electron chi connectivity index (χ0n) is 20.2. The molecule has 4 amide bonds. The largest absolute Gasteiger partial charge is 0.449 e. The lowest BCUT2D eigenvalue weighted by molar-refractivity contribution is -0.118. The molecule has 0 radical (unpaired) electrons. The number of alkyl halides is 1. The number of carbonyl (C=O) groups is 3. The molecule has 192 valence electrons. The fourth-order valence-corrected chi connectivity index (χ4v) is 4.85. The van der Waals surface area contributed by atoms with Gasteiger partial charge in [0.2, 0.25) is 5.91 Å². The third-order valence-electron chi connectivity index (χ3n) is 6.30. The highest BCUT2D eigenvalue weighted by molar-refractivity contribution is 9.08. The van der Waals surface area contributed by atoms with Crippen LogP contribution in [-0.2, 0) is 14.9 Å². The molecule has 37 heavy (non-hydrogen) atoms. The molecule has 0 aromatic heterocycles. The van der Waals surface area contributed by atoms with Crippen molar-refractivity contribution >= 4 is 39.6 Å². The van der Waals surface area contributed by atoms with Crippen molar-refractivity contribution in [2.45, 2.75) is 30.1 Å². The second-order valence-electron chi connectivity index (χ2n) is 8.78. The normalized spacial score (nSPS) is 12.7. The molecule has 0 unspecified atom stereocenters. The Morgan fingerprint density at radius 2 is 1.54 bits per heavy atom. The predicted molar refractivity (Wildman–Crippen MR) is 147 cm³/mol. The lowest BCUT2D eigenvalue weighted by atomic mass is 9.98. The third-order valence-corrected chi connectivity index (χ3v) is 6.94. The first-order chi connectivity index (χ1) is 18.0. The van der Waals surface area contributed by atoms with Crippen LogP contribution in [0.2, 0.25) is 0 Å². The topological polar surface area (TPSA) is 123 Å². The van der Waals surface area contributed by atoms with Gasteiger partial charge >= 0.3 is 12.1 Å². The van der Waals surface area contributed by atoms with E-state index in [0.29, 0.717) is 17.4 Å². The molecule has 0 aliphatic heterocycles. The fourth-order valence-electron chi connectivity index (χ4n) is 4.48. The first-order valence-electron chi connectivity index (χ1n) is 12.1. The van der Waals surface area contributed by atoms with Crippen LogP contribution in [0.4, 0.5) is 15.3 Å². The smallest absolute Gasteiger partial charge is 0.407 e. The molecular weight excluding hydrogens is 536 g/mol. The van der Waals surface area contributed by atoms with E-state index in [1.165, 1.54) is 0 Å². The van der Waals surface area contributed by atoms with E-state index in [1.807, 2.05) is 48.5 Å². The molecule has 0 heterocycles. The number of hydrogen-bond donors (Lipinski definition) is 4. The first-order valence-corrected chi connectivity index (χ1v) is 13.2. The van der Waals surface area contributed by atoms with Gasteiger partial charge in [0.25, 0.3) is 0 Å². The molecule has 5 N–H and O–H groups in total.